The van der Waals surface area contributed by atoms with Gasteiger partial charge in [0.2, 0.25) is 0 Å². The first kappa shape index (κ1) is 59.7. The van der Waals surface area contributed by atoms with Gasteiger partial charge in [-0.3, -0.25) is 13.8 Å². The van der Waals surface area contributed by atoms with E-state index in [1.165, 1.54) is 193 Å². The lowest BCUT2D eigenvalue weighted by atomic mass is 10.0. The number of phosphoric ester groups is 1. The lowest BCUT2D eigenvalue weighted by Crippen LogP contribution is -2.28. The van der Waals surface area contributed by atoms with Crippen LogP contribution in [0.5, 0.6) is 0 Å². The van der Waals surface area contributed by atoms with Gasteiger partial charge >= 0.3 is 13.8 Å². The number of nitrogens with two attached hydrogens (primary N) is 1. The van der Waals surface area contributed by atoms with Gasteiger partial charge in [-0.1, -0.05) is 211 Å². The molecule has 0 saturated heterocycles. The molecule has 0 bridgehead atoms. The van der Waals surface area contributed by atoms with Gasteiger partial charge in [0.25, 0.3) is 0 Å². The first-order valence-corrected chi connectivity index (χ1v) is 27.5. The number of carbonyl (C=O) groups is 1. The Hall–Kier alpha value is -1.28. The molecule has 0 aromatic heterocycles. The van der Waals surface area contributed by atoms with E-state index in [1.807, 2.05) is 0 Å². The van der Waals surface area contributed by atoms with Crippen LogP contribution >= 0.6 is 7.82 Å². The van der Waals surface area contributed by atoms with Gasteiger partial charge in [0, 0.05) is 19.6 Å². The van der Waals surface area contributed by atoms with Crippen molar-refractivity contribution in [1.82, 2.24) is 0 Å². The van der Waals surface area contributed by atoms with Crippen LogP contribution in [0.25, 0.3) is 0 Å². The number of rotatable bonds is 50. The van der Waals surface area contributed by atoms with Gasteiger partial charge in [-0.05, 0) is 70.6 Å². The molecule has 2 atom stereocenters. The Morgan fingerprint density at radius 3 is 1.31 bits per heavy atom. The maximum Gasteiger partial charge on any atom is 0.472 e. The maximum absolute atomic E-state index is 12.7. The molecule has 0 rings (SSSR count). The van der Waals surface area contributed by atoms with E-state index in [4.69, 9.17) is 24.3 Å². The van der Waals surface area contributed by atoms with E-state index in [0.29, 0.717) is 13.0 Å². The molecule has 0 heterocycles. The van der Waals surface area contributed by atoms with Crippen LogP contribution in [-0.4, -0.2) is 49.9 Å². The third kappa shape index (κ3) is 49.6. The monoisotopic (exact) mass is 882 g/mol. The third-order valence-corrected chi connectivity index (χ3v) is 12.3. The summed E-state index contributed by atoms with van der Waals surface area (Å²) in [6.07, 6.45) is 58.9. The van der Waals surface area contributed by atoms with Crippen molar-refractivity contribution in [2.75, 3.05) is 33.0 Å². The molecule has 0 aromatic carbocycles. The predicted molar refractivity (Wildman–Crippen MR) is 261 cm³/mol. The van der Waals surface area contributed by atoms with Crippen LogP contribution in [-0.2, 0) is 27.9 Å². The second kappa shape index (κ2) is 49.7. The third-order valence-electron chi connectivity index (χ3n) is 11.3. The van der Waals surface area contributed by atoms with Crippen molar-refractivity contribution in [3.63, 3.8) is 0 Å². The van der Waals surface area contributed by atoms with Crippen LogP contribution in [0.1, 0.15) is 251 Å². The van der Waals surface area contributed by atoms with E-state index in [1.54, 1.807) is 0 Å². The average Bonchev–Trinajstić information content (AvgIpc) is 3.25. The van der Waals surface area contributed by atoms with Crippen molar-refractivity contribution in [2.45, 2.75) is 258 Å². The Balaban J connectivity index is 3.93. The topological polar surface area (TPSA) is 117 Å². The fourth-order valence-corrected chi connectivity index (χ4v) is 8.20. The maximum atomic E-state index is 12.7. The largest absolute Gasteiger partial charge is 0.472 e. The van der Waals surface area contributed by atoms with Gasteiger partial charge in [0.1, 0.15) is 6.10 Å². The first-order chi connectivity index (χ1) is 29.9. The normalized spacial score (nSPS) is 13.6. The van der Waals surface area contributed by atoms with E-state index in [0.717, 1.165) is 38.5 Å². The van der Waals surface area contributed by atoms with Crippen LogP contribution in [0.4, 0.5) is 0 Å². The summed E-state index contributed by atoms with van der Waals surface area (Å²) in [5.41, 5.74) is 5.39. The highest BCUT2D eigenvalue weighted by molar-refractivity contribution is 7.47. The summed E-state index contributed by atoms with van der Waals surface area (Å²) in [6.45, 7) is 4.93. The summed E-state index contributed by atoms with van der Waals surface area (Å²) in [7, 11) is -4.28. The number of allylic oxidation sites excluding steroid dienone is 6. The van der Waals surface area contributed by atoms with Crippen molar-refractivity contribution in [1.29, 1.82) is 0 Å². The Morgan fingerprint density at radius 2 is 0.869 bits per heavy atom. The summed E-state index contributed by atoms with van der Waals surface area (Å²) >= 11 is 0. The molecule has 0 aliphatic carbocycles. The highest BCUT2D eigenvalue weighted by Gasteiger charge is 2.25. The molecule has 0 fully saturated rings. The molecular formula is C52H100NO7P. The molecule has 0 aliphatic heterocycles. The molecule has 61 heavy (non-hydrogen) atoms. The highest BCUT2D eigenvalue weighted by atomic mass is 31.2. The molecule has 0 radical (unpaired) electrons. The second-order valence-corrected chi connectivity index (χ2v) is 18.8. The molecule has 2 unspecified atom stereocenters. The Morgan fingerprint density at radius 1 is 0.492 bits per heavy atom. The molecular weight excluding hydrogens is 782 g/mol. The zero-order valence-corrected chi connectivity index (χ0v) is 41.1. The van der Waals surface area contributed by atoms with Crippen LogP contribution in [0, 0.1) is 0 Å². The van der Waals surface area contributed by atoms with E-state index < -0.39 is 13.9 Å². The van der Waals surface area contributed by atoms with Crippen LogP contribution in [0.15, 0.2) is 36.5 Å². The summed E-state index contributed by atoms with van der Waals surface area (Å²) in [4.78, 5) is 22.6. The molecule has 0 amide bonds. The number of phosphoric acid groups is 1. The van der Waals surface area contributed by atoms with Crippen LogP contribution in [0.3, 0.4) is 0 Å². The van der Waals surface area contributed by atoms with Crippen LogP contribution in [0.2, 0.25) is 0 Å². The van der Waals surface area contributed by atoms with Gasteiger partial charge in [-0.25, -0.2) is 4.57 Å². The first-order valence-electron chi connectivity index (χ1n) is 26.0. The van der Waals surface area contributed by atoms with Crippen molar-refractivity contribution < 1.29 is 32.8 Å². The lowest BCUT2D eigenvalue weighted by Gasteiger charge is -2.20. The van der Waals surface area contributed by atoms with Gasteiger partial charge in [0.15, 0.2) is 0 Å². The zero-order valence-electron chi connectivity index (χ0n) is 40.2. The molecule has 9 heteroatoms. The van der Waals surface area contributed by atoms with E-state index in [2.05, 4.69) is 50.3 Å². The van der Waals surface area contributed by atoms with Gasteiger partial charge in [-0.15, -0.1) is 0 Å². The Bertz CT molecular complexity index is 1040. The van der Waals surface area contributed by atoms with Gasteiger partial charge in [0.05, 0.1) is 19.8 Å². The minimum absolute atomic E-state index is 0.0962. The summed E-state index contributed by atoms with van der Waals surface area (Å²) in [5, 5.41) is 0. The van der Waals surface area contributed by atoms with E-state index in [9.17, 15) is 14.3 Å². The van der Waals surface area contributed by atoms with E-state index >= 15 is 0 Å². The van der Waals surface area contributed by atoms with Crippen molar-refractivity contribution in [3.05, 3.63) is 36.5 Å². The quantitative estimate of drug-likeness (QED) is 0.0268. The summed E-state index contributed by atoms with van der Waals surface area (Å²) in [6, 6.07) is 0. The molecule has 0 spiro atoms. The summed E-state index contributed by atoms with van der Waals surface area (Å²) in [5.74, 6) is -0.330. The standard InChI is InChI=1S/C52H100NO7P/c1-3-5-7-9-11-13-15-17-19-21-23-24-25-26-27-29-31-33-35-37-39-41-43-45-52(54)60-51(50-59-61(55,56)58-48-46-53)49-57-47-44-42-40-38-36-34-32-30-28-22-20-18-16-14-12-10-8-6-4-2/h14,16,20-23,51H,3-13,15,17-19,24-50,53H2,1-2H3,(H,55,56)/b16-14-,22-20-,23-21-. The smallest absolute Gasteiger partial charge is 0.457 e. The van der Waals surface area contributed by atoms with Crippen molar-refractivity contribution in [3.8, 4) is 0 Å². The fourth-order valence-electron chi connectivity index (χ4n) is 7.44. The Kier molecular flexibility index (Phi) is 48.7. The van der Waals surface area contributed by atoms with E-state index in [-0.39, 0.29) is 32.3 Å². The van der Waals surface area contributed by atoms with Crippen molar-refractivity contribution in [2.24, 2.45) is 5.73 Å². The Labute approximate surface area is 378 Å². The zero-order chi connectivity index (χ0) is 44.4. The molecule has 0 saturated carbocycles. The summed E-state index contributed by atoms with van der Waals surface area (Å²) < 4.78 is 33.6. The predicted octanol–water partition coefficient (Wildman–Crippen LogP) is 16.1. The minimum Gasteiger partial charge on any atom is -0.457 e. The van der Waals surface area contributed by atoms with Crippen LogP contribution < -0.4 is 5.73 Å². The van der Waals surface area contributed by atoms with Crippen molar-refractivity contribution >= 4 is 13.8 Å². The SMILES string of the molecule is CCCCCC/C=C\C/C=C\CCCCCCCCCCOCC(COP(=O)(O)OCCN)OC(=O)CCCCCCCCCCCCC/C=C\CCCCCCCCCC. The van der Waals surface area contributed by atoms with Gasteiger partial charge < -0.3 is 20.1 Å². The molecule has 3 N–H and O–H groups in total. The fraction of sp³-hybridized carbons (Fsp3) is 0.865. The number of hydrogen-bond donors (Lipinski definition) is 2. The number of hydrogen-bond acceptors (Lipinski definition) is 7. The molecule has 360 valence electrons. The molecule has 0 aromatic rings. The number of ether oxygens (including phenoxy) is 2. The molecule has 0 aliphatic rings. The molecule has 8 nitrogen and oxygen atoms in total. The van der Waals surface area contributed by atoms with Gasteiger partial charge in [-0.2, -0.15) is 0 Å². The second-order valence-electron chi connectivity index (χ2n) is 17.4. The number of esters is 1. The highest BCUT2D eigenvalue weighted by Crippen LogP contribution is 2.43. The lowest BCUT2D eigenvalue weighted by molar-refractivity contribution is -0.154. The number of carbonyl (C=O) groups excluding carboxylic acids is 1. The minimum atomic E-state index is -4.28. The average molecular weight is 882 g/mol. The number of unbranched alkanes of at least 4 members (excludes halogenated alkanes) is 31.